The molecule has 3 heterocycles. The summed E-state index contributed by atoms with van der Waals surface area (Å²) in [6, 6.07) is 11.6. The highest BCUT2D eigenvalue weighted by atomic mass is 32.2. The van der Waals surface area contributed by atoms with Crippen LogP contribution in [0.15, 0.2) is 48.8 Å². The molecule has 1 aliphatic rings. The highest BCUT2D eigenvalue weighted by Gasteiger charge is 2.36. The van der Waals surface area contributed by atoms with Crippen molar-refractivity contribution in [1.29, 1.82) is 0 Å². The van der Waals surface area contributed by atoms with E-state index in [-0.39, 0.29) is 11.2 Å². The molecule has 0 spiro atoms. The predicted molar refractivity (Wildman–Crippen MR) is 113 cm³/mol. The first-order valence-corrected chi connectivity index (χ1v) is 11.7. The van der Waals surface area contributed by atoms with E-state index in [9.17, 15) is 8.42 Å². The maximum absolute atomic E-state index is 12.1. The highest BCUT2D eigenvalue weighted by Crippen LogP contribution is 2.33. The molecule has 7 nitrogen and oxygen atoms in total. The van der Waals surface area contributed by atoms with Gasteiger partial charge in [-0.15, -0.1) is 0 Å². The molecule has 3 aromatic rings. The summed E-state index contributed by atoms with van der Waals surface area (Å²) in [5.41, 5.74) is 1.35. The van der Waals surface area contributed by atoms with Crippen LogP contribution >= 0.6 is 0 Å². The van der Waals surface area contributed by atoms with Crippen LogP contribution in [0.1, 0.15) is 12.8 Å². The largest absolute Gasteiger partial charge is 0.381 e. The van der Waals surface area contributed by atoms with Gasteiger partial charge < -0.3 is 10.1 Å². The normalized spacial score (nSPS) is 16.6. The van der Waals surface area contributed by atoms with Crippen molar-refractivity contribution in [3.8, 4) is 11.4 Å². The van der Waals surface area contributed by atoms with Crippen LogP contribution in [0.3, 0.4) is 0 Å². The summed E-state index contributed by atoms with van der Waals surface area (Å²) >= 11 is 0. The third-order valence-corrected chi connectivity index (χ3v) is 6.43. The number of para-hydroxylation sites is 1. The van der Waals surface area contributed by atoms with Gasteiger partial charge in [-0.1, -0.05) is 12.1 Å². The molecule has 0 amide bonds. The van der Waals surface area contributed by atoms with E-state index in [0.29, 0.717) is 44.2 Å². The number of fused-ring (bicyclic) bond motifs is 1. The van der Waals surface area contributed by atoms with Crippen molar-refractivity contribution in [3.63, 3.8) is 0 Å². The molecule has 0 bridgehead atoms. The Balaban J connectivity index is 1.69. The van der Waals surface area contributed by atoms with Gasteiger partial charge in [0.2, 0.25) is 0 Å². The fourth-order valence-corrected chi connectivity index (χ4v) is 5.35. The molecule has 0 atom stereocenters. The second-order valence-electron chi connectivity index (χ2n) is 7.68. The number of pyridine rings is 1. The second-order valence-corrected chi connectivity index (χ2v) is 9.83. The number of hydrogen-bond acceptors (Lipinski definition) is 7. The van der Waals surface area contributed by atoms with Crippen LogP contribution in [0.5, 0.6) is 0 Å². The molecular weight excluding hydrogens is 388 g/mol. The number of nitrogens with zero attached hydrogens (tertiary/aromatic N) is 3. The molecule has 0 saturated carbocycles. The Morgan fingerprint density at radius 3 is 2.52 bits per heavy atom. The van der Waals surface area contributed by atoms with Crippen molar-refractivity contribution in [2.75, 3.05) is 37.1 Å². The van der Waals surface area contributed by atoms with Crippen molar-refractivity contribution in [3.05, 3.63) is 48.8 Å². The molecule has 4 rings (SSSR count). The highest BCUT2D eigenvalue weighted by molar-refractivity contribution is 7.90. The van der Waals surface area contributed by atoms with Crippen molar-refractivity contribution < 1.29 is 13.2 Å². The minimum atomic E-state index is -3.12. The molecule has 8 heteroatoms. The van der Waals surface area contributed by atoms with Gasteiger partial charge >= 0.3 is 0 Å². The Labute approximate surface area is 170 Å². The Morgan fingerprint density at radius 1 is 1.07 bits per heavy atom. The zero-order valence-electron chi connectivity index (χ0n) is 16.3. The maximum atomic E-state index is 12.1. The zero-order chi connectivity index (χ0) is 20.3. The molecule has 1 saturated heterocycles. The van der Waals surface area contributed by atoms with Crippen LogP contribution in [0.2, 0.25) is 0 Å². The molecule has 152 valence electrons. The van der Waals surface area contributed by atoms with Crippen molar-refractivity contribution in [2.24, 2.45) is 5.41 Å². The Kier molecular flexibility index (Phi) is 5.47. The molecule has 2 aromatic heterocycles. The topological polar surface area (TPSA) is 94.1 Å². The molecule has 0 unspecified atom stereocenters. The number of rotatable bonds is 6. The molecule has 0 aliphatic carbocycles. The number of sulfone groups is 1. The minimum absolute atomic E-state index is 0.136. The summed E-state index contributed by atoms with van der Waals surface area (Å²) in [7, 11) is -3.12. The van der Waals surface area contributed by atoms with Crippen LogP contribution in [0.4, 0.5) is 5.82 Å². The van der Waals surface area contributed by atoms with Gasteiger partial charge in [0.05, 0.1) is 11.3 Å². The summed E-state index contributed by atoms with van der Waals surface area (Å²) in [4.78, 5) is 13.5. The number of aromatic nitrogens is 3. The maximum Gasteiger partial charge on any atom is 0.162 e. The first-order valence-electron chi connectivity index (χ1n) is 9.61. The molecule has 1 N–H and O–H groups in total. The van der Waals surface area contributed by atoms with Crippen LogP contribution < -0.4 is 5.32 Å². The molecule has 1 aromatic carbocycles. The molecule has 0 radical (unpaired) electrons. The number of ether oxygens (including phenoxy) is 1. The lowest BCUT2D eigenvalue weighted by Crippen LogP contribution is -2.41. The van der Waals surface area contributed by atoms with Crippen LogP contribution in [-0.2, 0) is 14.6 Å². The number of benzene rings is 1. The van der Waals surface area contributed by atoms with E-state index in [1.54, 1.807) is 12.4 Å². The van der Waals surface area contributed by atoms with Crippen molar-refractivity contribution in [1.82, 2.24) is 15.0 Å². The van der Waals surface area contributed by atoms with Crippen LogP contribution in [0.25, 0.3) is 22.3 Å². The SMILES string of the molecule is CS(=O)(=O)CC1(CNc2nc(-c3ccncc3)nc3ccccc23)CCOCC1. The van der Waals surface area contributed by atoms with Gasteiger partial charge in [-0.3, -0.25) is 4.98 Å². The number of nitrogens with one attached hydrogen (secondary N) is 1. The van der Waals surface area contributed by atoms with Gasteiger partial charge in [0.15, 0.2) is 5.82 Å². The van der Waals surface area contributed by atoms with E-state index in [1.807, 2.05) is 36.4 Å². The lowest BCUT2D eigenvalue weighted by molar-refractivity contribution is 0.0315. The van der Waals surface area contributed by atoms with Gasteiger partial charge in [0, 0.05) is 54.8 Å². The lowest BCUT2D eigenvalue weighted by Gasteiger charge is -2.37. The summed E-state index contributed by atoms with van der Waals surface area (Å²) in [5, 5.41) is 4.35. The Hall–Kier alpha value is -2.58. The van der Waals surface area contributed by atoms with E-state index >= 15 is 0 Å². The summed E-state index contributed by atoms with van der Waals surface area (Å²) < 4.78 is 29.6. The average Bonchev–Trinajstić information content (AvgIpc) is 2.72. The second kappa shape index (κ2) is 8.04. The molecule has 1 fully saturated rings. The van der Waals surface area contributed by atoms with Gasteiger partial charge in [-0.2, -0.15) is 0 Å². The van der Waals surface area contributed by atoms with Gasteiger partial charge in [0.1, 0.15) is 15.7 Å². The van der Waals surface area contributed by atoms with Crippen molar-refractivity contribution >= 4 is 26.6 Å². The minimum Gasteiger partial charge on any atom is -0.381 e. The Morgan fingerprint density at radius 2 is 1.79 bits per heavy atom. The summed E-state index contributed by atoms with van der Waals surface area (Å²) in [5.74, 6) is 1.45. The van der Waals surface area contributed by atoms with E-state index < -0.39 is 9.84 Å². The molecule has 1 aliphatic heterocycles. The molecular formula is C21H24N4O3S. The average molecular weight is 413 g/mol. The van der Waals surface area contributed by atoms with Gasteiger partial charge in [-0.05, 0) is 37.1 Å². The van der Waals surface area contributed by atoms with Crippen LogP contribution in [0, 0.1) is 5.41 Å². The van der Waals surface area contributed by atoms with E-state index in [4.69, 9.17) is 9.72 Å². The third-order valence-electron chi connectivity index (χ3n) is 5.29. The smallest absolute Gasteiger partial charge is 0.162 e. The lowest BCUT2D eigenvalue weighted by atomic mass is 9.82. The Bertz CT molecular complexity index is 1100. The van der Waals surface area contributed by atoms with Gasteiger partial charge in [0.25, 0.3) is 0 Å². The van der Waals surface area contributed by atoms with E-state index in [0.717, 1.165) is 16.5 Å². The number of hydrogen-bond donors (Lipinski definition) is 1. The zero-order valence-corrected chi connectivity index (χ0v) is 17.2. The van der Waals surface area contributed by atoms with Crippen LogP contribution in [-0.4, -0.2) is 55.1 Å². The summed E-state index contributed by atoms with van der Waals surface area (Å²) in [6.07, 6.45) is 6.13. The van der Waals surface area contributed by atoms with E-state index in [2.05, 4.69) is 15.3 Å². The molecule has 29 heavy (non-hydrogen) atoms. The van der Waals surface area contributed by atoms with Crippen molar-refractivity contribution in [2.45, 2.75) is 12.8 Å². The first-order chi connectivity index (χ1) is 13.9. The fraction of sp³-hybridized carbons (Fsp3) is 0.381. The fourth-order valence-electron chi connectivity index (χ4n) is 3.85. The van der Waals surface area contributed by atoms with E-state index in [1.165, 1.54) is 6.26 Å². The van der Waals surface area contributed by atoms with Gasteiger partial charge in [-0.25, -0.2) is 18.4 Å². The predicted octanol–water partition coefficient (Wildman–Crippen LogP) is 2.95. The quantitative estimate of drug-likeness (QED) is 0.665. The summed E-state index contributed by atoms with van der Waals surface area (Å²) in [6.45, 7) is 1.66. The standard InChI is InChI=1S/C21H24N4O3S/c1-29(26,27)15-21(8-12-28-13-9-21)14-23-20-17-4-2-3-5-18(17)24-19(25-20)16-6-10-22-11-7-16/h2-7,10-11H,8-9,12-15H2,1H3,(H,23,24,25). The monoisotopic (exact) mass is 412 g/mol. The number of anilines is 1. The first kappa shape index (κ1) is 19.7. The third kappa shape index (κ3) is 4.71.